The highest BCUT2D eigenvalue weighted by Gasteiger charge is 2.14. The van der Waals surface area contributed by atoms with Crippen LogP contribution in [0.25, 0.3) is 17.2 Å². The Morgan fingerprint density at radius 3 is 3.10 bits per heavy atom. The van der Waals surface area contributed by atoms with Gasteiger partial charge < -0.3 is 19.2 Å². The molecule has 0 spiro atoms. The Balaban J connectivity index is 1.53. The van der Waals surface area contributed by atoms with Crippen LogP contribution in [0.4, 0.5) is 0 Å². The van der Waals surface area contributed by atoms with Crippen molar-refractivity contribution in [3.8, 4) is 0 Å². The fraction of sp³-hybridized carbons (Fsp3) is 0.333. The lowest BCUT2D eigenvalue weighted by Crippen LogP contribution is -2.39. The molecule has 1 saturated heterocycles. The summed E-state index contributed by atoms with van der Waals surface area (Å²) in [6.45, 7) is 2.12. The minimum atomic E-state index is -0.216. The van der Waals surface area contributed by atoms with Gasteiger partial charge in [0, 0.05) is 18.7 Å². The zero-order valence-corrected chi connectivity index (χ0v) is 11.5. The van der Waals surface area contributed by atoms with Gasteiger partial charge in [0.15, 0.2) is 5.58 Å². The first-order valence-electron chi connectivity index (χ1n) is 6.82. The van der Waals surface area contributed by atoms with Crippen molar-refractivity contribution >= 4 is 23.1 Å². The number of hydrogen-bond donors (Lipinski definition) is 1. The Morgan fingerprint density at radius 2 is 2.29 bits per heavy atom. The standard InChI is InChI=1S/C15H16N2O4/c18-14(16-9-11-10-19-7-8-20-11)5-6-15-17-12-3-1-2-4-13(12)21-15/h1-6,11H,7-10H2,(H,16,18). The number of hydrogen-bond acceptors (Lipinski definition) is 5. The van der Waals surface area contributed by atoms with E-state index in [1.54, 1.807) is 6.08 Å². The summed E-state index contributed by atoms with van der Waals surface area (Å²) in [6, 6.07) is 7.45. The predicted octanol–water partition coefficient (Wildman–Crippen LogP) is 1.37. The third kappa shape index (κ3) is 3.68. The van der Waals surface area contributed by atoms with Crippen molar-refractivity contribution in [2.45, 2.75) is 6.10 Å². The molecule has 6 heteroatoms. The Bertz CT molecular complexity index is 611. The zero-order valence-electron chi connectivity index (χ0n) is 11.5. The van der Waals surface area contributed by atoms with Crippen LogP contribution in [0.3, 0.4) is 0 Å². The van der Waals surface area contributed by atoms with Crippen molar-refractivity contribution in [1.29, 1.82) is 0 Å². The van der Waals surface area contributed by atoms with Gasteiger partial charge in [-0.3, -0.25) is 4.79 Å². The van der Waals surface area contributed by atoms with E-state index in [2.05, 4.69) is 10.3 Å². The molecule has 0 radical (unpaired) electrons. The van der Waals surface area contributed by atoms with Gasteiger partial charge >= 0.3 is 0 Å². The van der Waals surface area contributed by atoms with Crippen molar-refractivity contribution in [3.63, 3.8) is 0 Å². The highest BCUT2D eigenvalue weighted by atomic mass is 16.6. The molecule has 1 aliphatic rings. The maximum absolute atomic E-state index is 11.7. The molecule has 1 amide bonds. The SMILES string of the molecule is O=C(C=Cc1nc2ccccc2o1)NCC1COCCO1. The monoisotopic (exact) mass is 288 g/mol. The van der Waals surface area contributed by atoms with Crippen LogP contribution in [-0.4, -0.2) is 43.4 Å². The smallest absolute Gasteiger partial charge is 0.244 e. The van der Waals surface area contributed by atoms with Crippen molar-refractivity contribution in [2.24, 2.45) is 0 Å². The minimum absolute atomic E-state index is 0.0829. The summed E-state index contributed by atoms with van der Waals surface area (Å²) in [5, 5.41) is 2.76. The van der Waals surface area contributed by atoms with Gasteiger partial charge in [0.2, 0.25) is 11.8 Å². The van der Waals surface area contributed by atoms with E-state index in [4.69, 9.17) is 13.9 Å². The van der Waals surface area contributed by atoms with Gasteiger partial charge in [0.05, 0.1) is 25.9 Å². The molecule has 1 aromatic heterocycles. The summed E-state index contributed by atoms with van der Waals surface area (Å²) >= 11 is 0. The first kappa shape index (κ1) is 13.8. The third-order valence-corrected chi connectivity index (χ3v) is 3.08. The van der Waals surface area contributed by atoms with Gasteiger partial charge in [0.1, 0.15) is 5.52 Å². The van der Waals surface area contributed by atoms with Crippen LogP contribution in [0.5, 0.6) is 0 Å². The molecule has 3 rings (SSSR count). The largest absolute Gasteiger partial charge is 0.437 e. The molecule has 1 N–H and O–H groups in total. The van der Waals surface area contributed by atoms with Crippen molar-refractivity contribution < 1.29 is 18.7 Å². The van der Waals surface area contributed by atoms with Crippen molar-refractivity contribution in [2.75, 3.05) is 26.4 Å². The summed E-state index contributed by atoms with van der Waals surface area (Å²) in [5.41, 5.74) is 1.47. The second-order valence-electron chi connectivity index (χ2n) is 4.67. The molecule has 1 unspecified atom stereocenters. The van der Waals surface area contributed by atoms with E-state index in [1.165, 1.54) is 6.08 Å². The van der Waals surface area contributed by atoms with Crippen LogP contribution in [0.15, 0.2) is 34.8 Å². The lowest BCUT2D eigenvalue weighted by Gasteiger charge is -2.22. The van der Waals surface area contributed by atoms with Crippen LogP contribution < -0.4 is 5.32 Å². The summed E-state index contributed by atoms with van der Waals surface area (Å²) in [4.78, 5) is 16.0. The van der Waals surface area contributed by atoms with Crippen LogP contribution in [0, 0.1) is 0 Å². The van der Waals surface area contributed by atoms with Gasteiger partial charge in [-0.2, -0.15) is 0 Å². The number of nitrogens with zero attached hydrogens (tertiary/aromatic N) is 1. The van der Waals surface area contributed by atoms with E-state index in [0.717, 1.165) is 5.52 Å². The number of ether oxygens (including phenoxy) is 2. The number of carbonyl (C=O) groups is 1. The van der Waals surface area contributed by atoms with E-state index in [-0.39, 0.29) is 12.0 Å². The second kappa shape index (κ2) is 6.51. The molecule has 0 bridgehead atoms. The quantitative estimate of drug-likeness (QED) is 0.860. The zero-order chi connectivity index (χ0) is 14.5. The third-order valence-electron chi connectivity index (χ3n) is 3.08. The molecule has 6 nitrogen and oxygen atoms in total. The molecule has 1 atom stereocenters. The molecule has 21 heavy (non-hydrogen) atoms. The maximum Gasteiger partial charge on any atom is 0.244 e. The lowest BCUT2D eigenvalue weighted by atomic mass is 10.3. The molecule has 110 valence electrons. The van der Waals surface area contributed by atoms with Crippen molar-refractivity contribution in [3.05, 3.63) is 36.2 Å². The van der Waals surface area contributed by atoms with Gasteiger partial charge in [-0.25, -0.2) is 4.98 Å². The first-order chi connectivity index (χ1) is 10.3. The molecule has 0 aliphatic carbocycles. The fourth-order valence-electron chi connectivity index (χ4n) is 2.04. The van der Waals surface area contributed by atoms with E-state index >= 15 is 0 Å². The predicted molar refractivity (Wildman–Crippen MR) is 76.6 cm³/mol. The number of nitrogens with one attached hydrogen (secondary N) is 1. The number of oxazole rings is 1. The average molecular weight is 288 g/mol. The van der Waals surface area contributed by atoms with Gasteiger partial charge in [0.25, 0.3) is 0 Å². The number of benzene rings is 1. The molecule has 1 aliphatic heterocycles. The molecule has 2 heterocycles. The summed E-state index contributed by atoms with van der Waals surface area (Å²) in [6.07, 6.45) is 2.86. The number of amides is 1. The number of aromatic nitrogens is 1. The maximum atomic E-state index is 11.7. The first-order valence-corrected chi connectivity index (χ1v) is 6.82. The highest BCUT2D eigenvalue weighted by Crippen LogP contribution is 2.15. The molecule has 1 aromatic carbocycles. The van der Waals surface area contributed by atoms with Gasteiger partial charge in [-0.15, -0.1) is 0 Å². The van der Waals surface area contributed by atoms with Gasteiger partial charge in [-0.1, -0.05) is 12.1 Å². The second-order valence-corrected chi connectivity index (χ2v) is 4.67. The molecule has 2 aromatic rings. The van der Waals surface area contributed by atoms with Crippen LogP contribution in [-0.2, 0) is 14.3 Å². The number of carbonyl (C=O) groups excluding carboxylic acids is 1. The summed E-state index contributed by atoms with van der Waals surface area (Å²) in [5.74, 6) is 0.190. The average Bonchev–Trinajstić information content (AvgIpc) is 2.95. The fourth-order valence-corrected chi connectivity index (χ4v) is 2.04. The van der Waals surface area contributed by atoms with E-state index in [0.29, 0.717) is 37.8 Å². The minimum Gasteiger partial charge on any atom is -0.437 e. The van der Waals surface area contributed by atoms with Crippen LogP contribution >= 0.6 is 0 Å². The van der Waals surface area contributed by atoms with Crippen LogP contribution in [0.1, 0.15) is 5.89 Å². The Morgan fingerprint density at radius 1 is 1.38 bits per heavy atom. The lowest BCUT2D eigenvalue weighted by molar-refractivity contribution is -0.119. The van der Waals surface area contributed by atoms with Crippen LogP contribution in [0.2, 0.25) is 0 Å². The topological polar surface area (TPSA) is 73.6 Å². The Labute approximate surface area is 121 Å². The summed E-state index contributed by atoms with van der Waals surface area (Å²) < 4.78 is 16.2. The Kier molecular flexibility index (Phi) is 4.28. The van der Waals surface area contributed by atoms with Crippen molar-refractivity contribution in [1.82, 2.24) is 10.3 Å². The van der Waals surface area contributed by atoms with Gasteiger partial charge in [-0.05, 0) is 12.1 Å². The van der Waals surface area contributed by atoms with E-state index < -0.39 is 0 Å². The number of fused-ring (bicyclic) bond motifs is 1. The molecular formula is C15H16N2O4. The molecular weight excluding hydrogens is 272 g/mol. The van der Waals surface area contributed by atoms with E-state index in [1.807, 2.05) is 24.3 Å². The molecule has 1 fully saturated rings. The highest BCUT2D eigenvalue weighted by molar-refractivity contribution is 5.91. The number of rotatable bonds is 4. The Hall–Kier alpha value is -2.18. The van der Waals surface area contributed by atoms with E-state index in [9.17, 15) is 4.79 Å². The number of para-hydroxylation sites is 2. The summed E-state index contributed by atoms with van der Waals surface area (Å²) in [7, 11) is 0. The molecule has 0 saturated carbocycles. The normalized spacial score (nSPS) is 19.1.